The van der Waals surface area contributed by atoms with Crippen molar-refractivity contribution >= 4 is 11.8 Å². The van der Waals surface area contributed by atoms with Crippen molar-refractivity contribution in [3.8, 4) is 0 Å². The molecule has 0 aliphatic rings. The van der Waals surface area contributed by atoms with Crippen LogP contribution in [-0.2, 0) is 0 Å². The Bertz CT molecular complexity index is 91.1. The number of unbranched alkanes of at least 4 members (excludes halogenated alkanes) is 2. The zero-order valence-corrected chi connectivity index (χ0v) is 10.5. The van der Waals surface area contributed by atoms with Gasteiger partial charge < -0.3 is 0 Å². The summed E-state index contributed by atoms with van der Waals surface area (Å²) in [6.45, 7) is 6.90. The predicted octanol–water partition coefficient (Wildman–Crippen LogP) is 4.74. The Morgan fingerprint density at radius 1 is 1.00 bits per heavy atom. The van der Waals surface area contributed by atoms with Gasteiger partial charge in [0.1, 0.15) is 0 Å². The van der Waals surface area contributed by atoms with E-state index in [0.717, 1.165) is 5.92 Å². The molecule has 0 aromatic carbocycles. The molecule has 0 fully saturated rings. The predicted molar refractivity (Wildman–Crippen MR) is 65.5 cm³/mol. The molecule has 0 saturated carbocycles. The molecule has 0 radical (unpaired) electrons. The minimum absolute atomic E-state index is 0.988. The van der Waals surface area contributed by atoms with Gasteiger partial charge >= 0.3 is 0 Å². The van der Waals surface area contributed by atoms with Crippen LogP contribution in [-0.4, -0.2) is 11.5 Å². The van der Waals surface area contributed by atoms with Crippen molar-refractivity contribution in [1.29, 1.82) is 0 Å². The SMILES string of the molecule is CCCCSCC(CC)CCCC. The lowest BCUT2D eigenvalue weighted by Gasteiger charge is -2.13. The quantitative estimate of drug-likeness (QED) is 0.487. The molecular formula is C12H26S. The van der Waals surface area contributed by atoms with E-state index in [1.165, 1.54) is 50.0 Å². The van der Waals surface area contributed by atoms with Crippen LogP contribution in [0.5, 0.6) is 0 Å². The maximum absolute atomic E-state index is 2.33. The molecule has 1 atom stereocenters. The molecule has 0 nitrogen and oxygen atoms in total. The summed E-state index contributed by atoms with van der Waals surface area (Å²) in [4.78, 5) is 0. The van der Waals surface area contributed by atoms with Gasteiger partial charge in [-0.1, -0.05) is 46.5 Å². The summed E-state index contributed by atoms with van der Waals surface area (Å²) in [5, 5.41) is 0. The van der Waals surface area contributed by atoms with Crippen molar-refractivity contribution in [2.24, 2.45) is 5.92 Å². The summed E-state index contributed by atoms with van der Waals surface area (Å²) in [6, 6.07) is 0. The Morgan fingerprint density at radius 3 is 2.23 bits per heavy atom. The highest BCUT2D eigenvalue weighted by Crippen LogP contribution is 2.19. The molecule has 80 valence electrons. The molecule has 0 aliphatic heterocycles. The van der Waals surface area contributed by atoms with Crippen molar-refractivity contribution in [2.45, 2.75) is 59.3 Å². The molecular weight excluding hydrogens is 176 g/mol. The number of hydrogen-bond donors (Lipinski definition) is 0. The van der Waals surface area contributed by atoms with Crippen LogP contribution in [0.1, 0.15) is 59.3 Å². The van der Waals surface area contributed by atoms with E-state index in [1.54, 1.807) is 0 Å². The van der Waals surface area contributed by atoms with E-state index in [2.05, 4.69) is 32.5 Å². The second-order valence-electron chi connectivity index (χ2n) is 3.84. The Hall–Kier alpha value is 0.350. The lowest BCUT2D eigenvalue weighted by molar-refractivity contribution is 0.499. The second kappa shape index (κ2) is 10.4. The van der Waals surface area contributed by atoms with Crippen LogP contribution >= 0.6 is 11.8 Å². The van der Waals surface area contributed by atoms with Gasteiger partial charge in [0.05, 0.1) is 0 Å². The number of rotatable bonds is 9. The third-order valence-corrected chi connectivity index (χ3v) is 3.82. The summed E-state index contributed by atoms with van der Waals surface area (Å²) in [5.74, 6) is 3.76. The molecule has 0 spiro atoms. The summed E-state index contributed by atoms with van der Waals surface area (Å²) in [7, 11) is 0. The highest BCUT2D eigenvalue weighted by molar-refractivity contribution is 7.99. The third-order valence-electron chi connectivity index (χ3n) is 2.54. The summed E-state index contributed by atoms with van der Waals surface area (Å²) >= 11 is 2.16. The first kappa shape index (κ1) is 13.4. The Kier molecular flexibility index (Phi) is 10.7. The normalized spacial score (nSPS) is 13.2. The summed E-state index contributed by atoms with van der Waals surface area (Å²) in [6.07, 6.45) is 8.35. The van der Waals surface area contributed by atoms with Crippen LogP contribution in [0.15, 0.2) is 0 Å². The highest BCUT2D eigenvalue weighted by atomic mass is 32.2. The van der Waals surface area contributed by atoms with Crippen LogP contribution < -0.4 is 0 Å². The molecule has 0 amide bonds. The van der Waals surface area contributed by atoms with Crippen LogP contribution in [0.2, 0.25) is 0 Å². The standard InChI is InChI=1S/C12H26S/c1-4-7-9-12(6-3)11-13-10-8-5-2/h12H,4-11H2,1-3H3. The Labute approximate surface area is 88.9 Å². The summed E-state index contributed by atoms with van der Waals surface area (Å²) in [5.41, 5.74) is 0. The topological polar surface area (TPSA) is 0 Å². The molecule has 0 aromatic rings. The summed E-state index contributed by atoms with van der Waals surface area (Å²) < 4.78 is 0. The molecule has 0 heterocycles. The van der Waals surface area contributed by atoms with Gasteiger partial charge in [-0.25, -0.2) is 0 Å². The van der Waals surface area contributed by atoms with Gasteiger partial charge in [0.25, 0.3) is 0 Å². The first-order valence-corrected chi connectivity index (χ1v) is 7.08. The van der Waals surface area contributed by atoms with Gasteiger partial charge in [-0.2, -0.15) is 11.8 Å². The van der Waals surface area contributed by atoms with Crippen molar-refractivity contribution in [3.05, 3.63) is 0 Å². The zero-order chi connectivity index (χ0) is 9.94. The van der Waals surface area contributed by atoms with Crippen molar-refractivity contribution in [1.82, 2.24) is 0 Å². The van der Waals surface area contributed by atoms with Crippen molar-refractivity contribution in [2.75, 3.05) is 11.5 Å². The van der Waals surface area contributed by atoms with Crippen molar-refractivity contribution in [3.63, 3.8) is 0 Å². The molecule has 0 N–H and O–H groups in total. The number of thioether (sulfide) groups is 1. The van der Waals surface area contributed by atoms with E-state index in [0.29, 0.717) is 0 Å². The van der Waals surface area contributed by atoms with Crippen LogP contribution in [0, 0.1) is 5.92 Å². The molecule has 0 rings (SSSR count). The van der Waals surface area contributed by atoms with Gasteiger partial charge in [-0.15, -0.1) is 0 Å². The van der Waals surface area contributed by atoms with Gasteiger partial charge in [-0.3, -0.25) is 0 Å². The van der Waals surface area contributed by atoms with E-state index in [4.69, 9.17) is 0 Å². The maximum Gasteiger partial charge on any atom is -0.00392 e. The average molecular weight is 202 g/mol. The molecule has 0 aliphatic carbocycles. The Morgan fingerprint density at radius 2 is 1.69 bits per heavy atom. The second-order valence-corrected chi connectivity index (χ2v) is 4.99. The monoisotopic (exact) mass is 202 g/mol. The molecule has 0 saturated heterocycles. The van der Waals surface area contributed by atoms with E-state index < -0.39 is 0 Å². The van der Waals surface area contributed by atoms with E-state index in [9.17, 15) is 0 Å². The number of hydrogen-bond acceptors (Lipinski definition) is 1. The van der Waals surface area contributed by atoms with E-state index in [-0.39, 0.29) is 0 Å². The lowest BCUT2D eigenvalue weighted by Crippen LogP contribution is -2.02. The molecule has 1 heteroatoms. The fraction of sp³-hybridized carbons (Fsp3) is 1.00. The molecule has 1 unspecified atom stereocenters. The minimum Gasteiger partial charge on any atom is -0.162 e. The maximum atomic E-state index is 2.33. The van der Waals surface area contributed by atoms with Gasteiger partial charge in [0, 0.05) is 0 Å². The first-order chi connectivity index (χ1) is 6.35. The first-order valence-electron chi connectivity index (χ1n) is 5.92. The van der Waals surface area contributed by atoms with Gasteiger partial charge in [-0.05, 0) is 30.3 Å². The zero-order valence-electron chi connectivity index (χ0n) is 9.64. The highest BCUT2D eigenvalue weighted by Gasteiger charge is 2.04. The van der Waals surface area contributed by atoms with Crippen LogP contribution in [0.3, 0.4) is 0 Å². The van der Waals surface area contributed by atoms with Crippen LogP contribution in [0.25, 0.3) is 0 Å². The molecule has 0 aromatic heterocycles. The smallest absolute Gasteiger partial charge is 0.00392 e. The lowest BCUT2D eigenvalue weighted by atomic mass is 10.0. The average Bonchev–Trinajstić information content (AvgIpc) is 2.17. The van der Waals surface area contributed by atoms with Crippen molar-refractivity contribution < 1.29 is 0 Å². The van der Waals surface area contributed by atoms with Gasteiger partial charge in [0.15, 0.2) is 0 Å². The largest absolute Gasteiger partial charge is 0.162 e. The Balaban J connectivity index is 3.25. The van der Waals surface area contributed by atoms with Crippen LogP contribution in [0.4, 0.5) is 0 Å². The minimum atomic E-state index is 0.988. The van der Waals surface area contributed by atoms with E-state index >= 15 is 0 Å². The third kappa shape index (κ3) is 8.67. The molecule has 13 heavy (non-hydrogen) atoms. The fourth-order valence-corrected chi connectivity index (χ4v) is 2.79. The van der Waals surface area contributed by atoms with E-state index in [1.807, 2.05) is 0 Å². The van der Waals surface area contributed by atoms with Gasteiger partial charge in [0.2, 0.25) is 0 Å². The molecule has 0 bridgehead atoms. The fourth-order valence-electron chi connectivity index (χ4n) is 1.39.